The molecule has 0 aliphatic carbocycles. The van der Waals surface area contributed by atoms with Gasteiger partial charge in [0.05, 0.1) is 78.8 Å². The number of ether oxygens (including phenoxy) is 6. The molecule has 9 rings (SSSR count). The second-order valence-electron chi connectivity index (χ2n) is 26.4. The molecule has 5 fully saturated rings. The fourth-order valence-corrected chi connectivity index (χ4v) is 12.2. The fraction of sp³-hybridized carbons (Fsp3) is 0.548. The summed E-state index contributed by atoms with van der Waals surface area (Å²) >= 11 is 4.82. The van der Waals surface area contributed by atoms with Crippen LogP contribution < -0.4 is 16.0 Å². The Morgan fingerprint density at radius 2 is 0.892 bits per heavy atom. The number of rotatable bonds is 23. The molecular formula is C84H126Cl2N8O17. The van der Waals surface area contributed by atoms with Crippen LogP contribution in [0.3, 0.4) is 0 Å². The minimum Gasteiger partial charge on any atom is -0.469 e. The molecule has 1 amide bonds. The number of esters is 6. The Hall–Kier alpha value is -8.74. The van der Waals surface area contributed by atoms with Gasteiger partial charge in [0.1, 0.15) is 22.9 Å². The number of halogens is 2. The van der Waals surface area contributed by atoms with Crippen molar-refractivity contribution in [2.45, 2.75) is 157 Å². The molecule has 4 aromatic carbocycles. The maximum atomic E-state index is 12.8. The Balaban J connectivity index is 0. The number of anilines is 2. The van der Waals surface area contributed by atoms with Crippen LogP contribution in [0.1, 0.15) is 149 Å². The molecule has 618 valence electrons. The highest BCUT2D eigenvalue weighted by Gasteiger charge is 2.50. The third-order valence-corrected chi connectivity index (χ3v) is 19.1. The number of likely N-dealkylation sites (tertiary alicyclic amines) is 4. The number of methoxy groups -OCH3 is 6. The molecule has 0 saturated carbocycles. The average molecular weight is 1590 g/mol. The molecular weight excluding hydrogens is 1460 g/mol. The number of benzene rings is 4. The topological polar surface area (TPSA) is 321 Å². The van der Waals surface area contributed by atoms with Crippen LogP contribution in [0, 0.1) is 22.2 Å². The van der Waals surface area contributed by atoms with Crippen LogP contribution in [0.4, 0.5) is 11.4 Å². The minimum absolute atomic E-state index is 0. The number of nitrogens with zero attached hydrogens (tertiary/aromatic N) is 6. The van der Waals surface area contributed by atoms with Gasteiger partial charge in [-0.3, -0.25) is 48.1 Å². The van der Waals surface area contributed by atoms with Crippen LogP contribution in [-0.2, 0) is 94.0 Å². The van der Waals surface area contributed by atoms with E-state index in [4.69, 9.17) is 26.8 Å². The zero-order chi connectivity index (χ0) is 80.2. The monoisotopic (exact) mass is 1590 g/mol. The lowest BCUT2D eigenvalue weighted by Crippen LogP contribution is -2.62. The molecule has 5 saturated heterocycles. The van der Waals surface area contributed by atoms with Crippen molar-refractivity contribution in [3.05, 3.63) is 145 Å². The first-order valence-electron chi connectivity index (χ1n) is 36.9. The largest absolute Gasteiger partial charge is 0.469 e. The van der Waals surface area contributed by atoms with E-state index in [1.165, 1.54) is 48.2 Å². The highest BCUT2D eigenvalue weighted by Crippen LogP contribution is 2.38. The molecule has 5 aliphatic rings. The van der Waals surface area contributed by atoms with Crippen LogP contribution in [0.2, 0.25) is 0 Å². The molecule has 3 N–H and O–H groups in total. The summed E-state index contributed by atoms with van der Waals surface area (Å²) in [5, 5.41) is 12.4. The van der Waals surface area contributed by atoms with Crippen molar-refractivity contribution >= 4 is 99.7 Å². The van der Waals surface area contributed by atoms with Crippen molar-refractivity contribution in [1.29, 1.82) is 5.26 Å². The number of nitrogens with two attached hydrogens (primary N) is 1. The number of nitriles is 1. The van der Waals surface area contributed by atoms with Gasteiger partial charge in [-0.05, 0) is 131 Å². The first-order chi connectivity index (χ1) is 51.8. The SMILES string of the molecule is C.C.C=CC(=O)OC.CC(=O)CCN1CCC(=O)CC1.CCC(=O)Cl.CCC(=O)N(c1ccccc1)C1(C(=O)OC)CCN(CCC(=O)OC)CC1.COC(=O)CCN1CCC(C#N)(Cc2ccccc2)CC1.COC(=O)CCN1CCC(Cc2ccccc2)(C(=O)OC)CC1.Cl.Nc1ccccc1.O=C1CCNCC1. The van der Waals surface area contributed by atoms with E-state index in [1.54, 1.807) is 25.7 Å². The average Bonchev–Trinajstić information content (AvgIpc) is 0.770. The fourth-order valence-electron chi connectivity index (χ4n) is 12.2. The summed E-state index contributed by atoms with van der Waals surface area (Å²) in [5.41, 5.74) is 7.49. The summed E-state index contributed by atoms with van der Waals surface area (Å²) in [4.78, 5) is 134. The first kappa shape index (κ1) is 104. The molecule has 111 heavy (non-hydrogen) atoms. The zero-order valence-corrected chi connectivity index (χ0v) is 67.0. The summed E-state index contributed by atoms with van der Waals surface area (Å²) < 4.78 is 28.4. The second kappa shape index (κ2) is 60.0. The molecule has 25 nitrogen and oxygen atoms in total. The second-order valence-corrected chi connectivity index (χ2v) is 26.8. The molecule has 4 aromatic rings. The van der Waals surface area contributed by atoms with Crippen LogP contribution >= 0.6 is 24.0 Å². The van der Waals surface area contributed by atoms with Gasteiger partial charge in [-0.25, -0.2) is 9.59 Å². The van der Waals surface area contributed by atoms with Crippen molar-refractivity contribution in [1.82, 2.24) is 24.9 Å². The zero-order valence-electron chi connectivity index (χ0n) is 65.4. The van der Waals surface area contributed by atoms with Gasteiger partial charge < -0.3 is 59.1 Å². The van der Waals surface area contributed by atoms with E-state index in [2.05, 4.69) is 68.6 Å². The Kier molecular flexibility index (Phi) is 56.4. The third kappa shape index (κ3) is 41.9. The number of nitrogen functional groups attached to an aromatic ring is 1. The number of amides is 1. The first-order valence-corrected chi connectivity index (χ1v) is 37.2. The van der Waals surface area contributed by atoms with Gasteiger partial charge in [0.15, 0.2) is 0 Å². The predicted octanol–water partition coefficient (Wildman–Crippen LogP) is 11.5. The van der Waals surface area contributed by atoms with E-state index in [0.29, 0.717) is 114 Å². The van der Waals surface area contributed by atoms with Crippen LogP contribution in [0.15, 0.2) is 134 Å². The van der Waals surface area contributed by atoms with Crippen molar-refractivity contribution < 1.29 is 81.2 Å². The van der Waals surface area contributed by atoms with Gasteiger partial charge >= 0.3 is 35.8 Å². The van der Waals surface area contributed by atoms with E-state index in [0.717, 1.165) is 128 Å². The van der Waals surface area contributed by atoms with Gasteiger partial charge in [-0.15, -0.1) is 12.4 Å². The van der Waals surface area contributed by atoms with Crippen LogP contribution in [0.25, 0.3) is 0 Å². The Bertz CT molecular complexity index is 3360. The highest BCUT2D eigenvalue weighted by atomic mass is 35.5. The summed E-state index contributed by atoms with van der Waals surface area (Å²) in [6.45, 7) is 19.0. The summed E-state index contributed by atoms with van der Waals surface area (Å²) in [6, 6.07) is 41.5. The normalized spacial score (nSPS) is 15.8. The van der Waals surface area contributed by atoms with Gasteiger partial charge in [-0.1, -0.05) is 132 Å². The number of hydrogen-bond acceptors (Lipinski definition) is 24. The number of piperidine rings is 5. The number of hydrogen-bond donors (Lipinski definition) is 2. The van der Waals surface area contributed by atoms with E-state index in [1.807, 2.05) is 109 Å². The molecule has 0 aromatic heterocycles. The van der Waals surface area contributed by atoms with Crippen LogP contribution in [0.5, 0.6) is 0 Å². The number of Topliss-reactive ketones (excluding diaryl/α,β-unsaturated/α-hetero) is 3. The van der Waals surface area contributed by atoms with E-state index < -0.39 is 22.9 Å². The molecule has 0 unspecified atom stereocenters. The minimum atomic E-state index is -1.04. The molecule has 0 radical (unpaired) electrons. The quantitative estimate of drug-likeness (QED) is 0.0229. The summed E-state index contributed by atoms with van der Waals surface area (Å²) in [6.07, 6.45) is 12.0. The molecule has 0 atom stereocenters. The standard InChI is InChI=1S/C20H28N2O5.C18H25NO4.C17H22N2O2.C9H15NO2.C6H7N.C5H9NO.C4H6O2.C3H5ClO.2CH4.ClH/c1-4-17(23)22(16-8-6-5-7-9-16)20(19(25)27-3)11-14-21(15-12-20)13-10-18(24)26-2;1-22-16(20)8-11-19-12-9-18(10-13-19,17(21)23-2)14-15-6-4-3-5-7-15;1-21-16(20)7-10-19-11-8-17(14-18,9-12-19)13-15-5-3-2-4-6-15;1-8(11)2-5-10-6-3-9(12)4-7-10;7-6-4-2-1-3-5-6;7-5-1-3-6-4-2-5;1-3-4(5)6-2;1-2-3(4)5;;;/h5-9H,4,10-15H2,1-3H3;3-7H,8-14H2,1-2H3;2-6H,7-13H2,1H3;2-7H2,1H3;1-5H,7H2;6H,1-4H2;3H,1H2,2H3;2H2,1H3;2*1H4;1H. The smallest absolute Gasteiger partial charge is 0.332 e. The molecule has 0 bridgehead atoms. The Morgan fingerprint density at radius 1 is 0.523 bits per heavy atom. The third-order valence-electron chi connectivity index (χ3n) is 18.9. The van der Waals surface area contributed by atoms with E-state index >= 15 is 0 Å². The van der Waals surface area contributed by atoms with Gasteiger partial charge in [0, 0.05) is 128 Å². The van der Waals surface area contributed by atoms with Gasteiger partial charge in [-0.2, -0.15) is 5.26 Å². The molecule has 5 heterocycles. The van der Waals surface area contributed by atoms with Crippen molar-refractivity contribution in [2.75, 3.05) is 145 Å². The van der Waals surface area contributed by atoms with Crippen LogP contribution in [-0.4, -0.2) is 224 Å². The molecule has 0 spiro atoms. The highest BCUT2D eigenvalue weighted by molar-refractivity contribution is 6.63. The Labute approximate surface area is 671 Å². The Morgan fingerprint density at radius 3 is 1.22 bits per heavy atom. The number of ketones is 3. The van der Waals surface area contributed by atoms with Crippen molar-refractivity contribution in [2.24, 2.45) is 10.8 Å². The lowest BCUT2D eigenvalue weighted by atomic mass is 9.73. The van der Waals surface area contributed by atoms with Crippen molar-refractivity contribution in [3.8, 4) is 6.07 Å². The van der Waals surface area contributed by atoms with Gasteiger partial charge in [0.25, 0.3) is 0 Å². The number of carbonyl (C=O) groups excluding carboxylic acids is 11. The summed E-state index contributed by atoms with van der Waals surface area (Å²) in [5.74, 6) is -0.679. The molecule has 5 aliphatic heterocycles. The lowest BCUT2D eigenvalue weighted by molar-refractivity contribution is -0.156. The number of nitrogens with one attached hydrogen (secondary N) is 1. The number of carbonyl (C=O) groups is 11. The lowest BCUT2D eigenvalue weighted by Gasteiger charge is -2.46. The number of para-hydroxylation sites is 2. The van der Waals surface area contributed by atoms with E-state index in [9.17, 15) is 58.0 Å². The summed E-state index contributed by atoms with van der Waals surface area (Å²) in [7, 11) is 8.31. The van der Waals surface area contributed by atoms with Crippen molar-refractivity contribution in [3.63, 3.8) is 0 Å². The van der Waals surface area contributed by atoms with E-state index in [-0.39, 0.29) is 73.5 Å². The van der Waals surface area contributed by atoms with Gasteiger partial charge in [0.2, 0.25) is 11.1 Å². The predicted molar refractivity (Wildman–Crippen MR) is 437 cm³/mol. The maximum absolute atomic E-state index is 12.8. The molecule has 27 heteroatoms. The maximum Gasteiger partial charge on any atom is 0.332 e.